The third kappa shape index (κ3) is 3.01. The lowest BCUT2D eigenvalue weighted by molar-refractivity contribution is 0.0972. The van der Waals surface area contributed by atoms with Gasteiger partial charge in [-0.2, -0.15) is 0 Å². The highest BCUT2D eigenvalue weighted by molar-refractivity contribution is 6.30. The fourth-order valence-electron chi connectivity index (χ4n) is 2.85. The van der Waals surface area contributed by atoms with Gasteiger partial charge in [0, 0.05) is 23.2 Å². The number of likely N-dealkylation sites (N-methyl/N-ethyl adjacent to an activating group) is 1. The van der Waals surface area contributed by atoms with Crippen LogP contribution in [0.3, 0.4) is 0 Å². The molecule has 3 rings (SSSR count). The monoisotopic (exact) mass is 359 g/mol. The van der Waals surface area contributed by atoms with Crippen LogP contribution < -0.4 is 4.74 Å². The summed E-state index contributed by atoms with van der Waals surface area (Å²) in [5.41, 5.74) is 1.04. The highest BCUT2D eigenvalue weighted by atomic mass is 35.5. The van der Waals surface area contributed by atoms with Crippen molar-refractivity contribution >= 4 is 23.2 Å². The molecule has 1 aliphatic carbocycles. The Hall–Kier alpha value is -2.37. The van der Waals surface area contributed by atoms with Gasteiger partial charge in [-0.05, 0) is 20.2 Å². The van der Waals surface area contributed by atoms with E-state index in [9.17, 15) is 14.7 Å². The molecule has 6 heteroatoms. The summed E-state index contributed by atoms with van der Waals surface area (Å²) >= 11 is 5.90. The van der Waals surface area contributed by atoms with Crippen LogP contribution in [-0.4, -0.2) is 48.8 Å². The van der Waals surface area contributed by atoms with Gasteiger partial charge in [0.15, 0.2) is 11.6 Å². The third-order valence-electron chi connectivity index (χ3n) is 4.15. The number of ether oxygens (including phenoxy) is 1. The average molecular weight is 360 g/mol. The molecule has 0 fully saturated rings. The lowest BCUT2D eigenvalue weighted by Gasteiger charge is -2.23. The minimum atomic E-state index is -0.396. The van der Waals surface area contributed by atoms with E-state index in [0.29, 0.717) is 24.3 Å². The number of hydrogen-bond acceptors (Lipinski definition) is 5. The Morgan fingerprint density at radius 3 is 2.24 bits per heavy atom. The van der Waals surface area contributed by atoms with Crippen molar-refractivity contribution in [1.29, 1.82) is 0 Å². The number of carbonyl (C=O) groups is 2. The molecular formula is C19H18ClNO4. The van der Waals surface area contributed by atoms with E-state index < -0.39 is 5.78 Å². The van der Waals surface area contributed by atoms with Gasteiger partial charge in [-0.15, -0.1) is 11.6 Å². The molecule has 1 N–H and O–H groups in total. The summed E-state index contributed by atoms with van der Waals surface area (Å²) in [5, 5.41) is 10.5. The Kier molecular flexibility index (Phi) is 4.79. The van der Waals surface area contributed by atoms with Crippen molar-refractivity contribution in [3.8, 4) is 11.5 Å². The first-order valence-corrected chi connectivity index (χ1v) is 8.40. The van der Waals surface area contributed by atoms with E-state index >= 15 is 0 Å². The first-order chi connectivity index (χ1) is 12.0. The van der Waals surface area contributed by atoms with Crippen LogP contribution in [0.1, 0.15) is 37.4 Å². The highest BCUT2D eigenvalue weighted by Gasteiger charge is 2.35. The van der Waals surface area contributed by atoms with E-state index in [4.69, 9.17) is 16.3 Å². The number of fused-ring (bicyclic) bond motifs is 2. The maximum Gasteiger partial charge on any atom is 0.198 e. The van der Waals surface area contributed by atoms with Crippen LogP contribution in [0.25, 0.3) is 0 Å². The summed E-state index contributed by atoms with van der Waals surface area (Å²) in [6.07, 6.45) is 0. The van der Waals surface area contributed by atoms with Crippen LogP contribution in [0, 0.1) is 0 Å². The molecule has 0 radical (unpaired) electrons. The van der Waals surface area contributed by atoms with Gasteiger partial charge in [0.05, 0.1) is 17.0 Å². The molecule has 0 aromatic heterocycles. The second-order valence-corrected chi connectivity index (χ2v) is 6.39. The Balaban J connectivity index is 2.16. The van der Waals surface area contributed by atoms with Crippen molar-refractivity contribution in [2.45, 2.75) is 5.88 Å². The van der Waals surface area contributed by atoms with Gasteiger partial charge in [-0.25, -0.2) is 0 Å². The SMILES string of the molecule is CN(C)CCOc1cc(CCl)c(O)c2c1C(=O)c1ccccc1C2=O. The maximum atomic E-state index is 12.9. The summed E-state index contributed by atoms with van der Waals surface area (Å²) in [7, 11) is 3.82. The molecule has 0 saturated carbocycles. The van der Waals surface area contributed by atoms with Gasteiger partial charge >= 0.3 is 0 Å². The maximum absolute atomic E-state index is 12.9. The van der Waals surface area contributed by atoms with Crippen LogP contribution in [0.2, 0.25) is 0 Å². The number of hydrogen-bond donors (Lipinski definition) is 1. The number of aromatic hydroxyl groups is 1. The Morgan fingerprint density at radius 1 is 1.08 bits per heavy atom. The van der Waals surface area contributed by atoms with Crippen LogP contribution in [-0.2, 0) is 5.88 Å². The number of phenols is 1. The molecule has 0 aliphatic heterocycles. The summed E-state index contributed by atoms with van der Waals surface area (Å²) in [6, 6.07) is 8.11. The van der Waals surface area contributed by atoms with E-state index in [-0.39, 0.29) is 39.9 Å². The molecule has 1 aliphatic rings. The minimum absolute atomic E-state index is 0.00622. The number of nitrogens with zero attached hydrogens (tertiary/aromatic N) is 1. The molecule has 0 heterocycles. The largest absolute Gasteiger partial charge is 0.507 e. The first kappa shape index (κ1) is 17.5. The molecule has 2 aromatic carbocycles. The summed E-state index contributed by atoms with van der Waals surface area (Å²) < 4.78 is 5.76. The summed E-state index contributed by atoms with van der Waals surface area (Å²) in [6.45, 7) is 0.986. The predicted octanol–water partition coefficient (Wildman–Crippen LogP) is 2.85. The summed E-state index contributed by atoms with van der Waals surface area (Å²) in [4.78, 5) is 27.7. The van der Waals surface area contributed by atoms with Crippen molar-refractivity contribution in [2.24, 2.45) is 0 Å². The van der Waals surface area contributed by atoms with E-state index in [1.807, 2.05) is 19.0 Å². The zero-order valence-corrected chi connectivity index (χ0v) is 14.8. The van der Waals surface area contributed by atoms with Gasteiger partial charge in [0.2, 0.25) is 0 Å². The fraction of sp³-hybridized carbons (Fsp3) is 0.263. The van der Waals surface area contributed by atoms with Crippen LogP contribution in [0.15, 0.2) is 30.3 Å². The number of phenolic OH excluding ortho intramolecular Hbond substituents is 1. The Labute approximate surface area is 150 Å². The van der Waals surface area contributed by atoms with Gasteiger partial charge in [-0.3, -0.25) is 9.59 Å². The second-order valence-electron chi connectivity index (χ2n) is 6.12. The van der Waals surface area contributed by atoms with Crippen molar-refractivity contribution < 1.29 is 19.4 Å². The molecule has 0 unspecified atom stereocenters. The van der Waals surface area contributed by atoms with Gasteiger partial charge in [0.1, 0.15) is 18.1 Å². The highest BCUT2D eigenvalue weighted by Crippen LogP contribution is 2.40. The number of halogens is 1. The first-order valence-electron chi connectivity index (χ1n) is 7.86. The van der Waals surface area contributed by atoms with E-state index in [1.165, 1.54) is 6.07 Å². The predicted molar refractivity (Wildman–Crippen MR) is 95.0 cm³/mol. The molecule has 0 atom stereocenters. The van der Waals surface area contributed by atoms with Crippen LogP contribution in [0.5, 0.6) is 11.5 Å². The average Bonchev–Trinajstić information content (AvgIpc) is 2.60. The topological polar surface area (TPSA) is 66.8 Å². The Morgan fingerprint density at radius 2 is 1.68 bits per heavy atom. The fourth-order valence-corrected chi connectivity index (χ4v) is 3.05. The van der Waals surface area contributed by atoms with E-state index in [2.05, 4.69) is 0 Å². The minimum Gasteiger partial charge on any atom is -0.507 e. The molecule has 2 aromatic rings. The van der Waals surface area contributed by atoms with Crippen molar-refractivity contribution in [3.63, 3.8) is 0 Å². The normalized spacial score (nSPS) is 13.0. The van der Waals surface area contributed by atoms with Crippen LogP contribution >= 0.6 is 11.6 Å². The number of rotatable bonds is 5. The standard InChI is InChI=1S/C19H18ClNO4/c1-21(2)7-8-25-14-9-11(10-20)17(22)16-15(14)18(23)12-5-3-4-6-13(12)19(16)24/h3-6,9,22H,7-8,10H2,1-2H3. The zero-order valence-electron chi connectivity index (χ0n) is 14.0. The molecule has 0 spiro atoms. The molecule has 0 bridgehead atoms. The van der Waals surface area contributed by atoms with Crippen LogP contribution in [0.4, 0.5) is 0 Å². The lowest BCUT2D eigenvalue weighted by Crippen LogP contribution is -2.24. The van der Waals surface area contributed by atoms with Crippen molar-refractivity contribution in [3.05, 3.63) is 58.1 Å². The second kappa shape index (κ2) is 6.86. The van der Waals surface area contributed by atoms with E-state index in [1.54, 1.807) is 24.3 Å². The number of benzene rings is 2. The Bertz CT molecular complexity index is 861. The molecular weight excluding hydrogens is 342 g/mol. The smallest absolute Gasteiger partial charge is 0.198 e. The zero-order chi connectivity index (χ0) is 18.1. The molecule has 5 nitrogen and oxygen atoms in total. The lowest BCUT2D eigenvalue weighted by atomic mass is 9.82. The summed E-state index contributed by atoms with van der Waals surface area (Å²) in [5.74, 6) is -0.698. The number of carbonyl (C=O) groups excluding carboxylic acids is 2. The number of ketones is 2. The quantitative estimate of drug-likeness (QED) is 0.709. The molecule has 130 valence electrons. The molecule has 25 heavy (non-hydrogen) atoms. The van der Waals surface area contributed by atoms with Crippen molar-refractivity contribution in [2.75, 3.05) is 27.2 Å². The third-order valence-corrected chi connectivity index (χ3v) is 4.44. The van der Waals surface area contributed by atoms with E-state index in [0.717, 1.165) is 0 Å². The van der Waals surface area contributed by atoms with Gasteiger partial charge in [-0.1, -0.05) is 24.3 Å². The molecule has 0 saturated heterocycles. The van der Waals surface area contributed by atoms with Crippen molar-refractivity contribution in [1.82, 2.24) is 4.90 Å². The van der Waals surface area contributed by atoms with Gasteiger partial charge < -0.3 is 14.7 Å². The number of alkyl halides is 1. The molecule has 0 amide bonds. The van der Waals surface area contributed by atoms with Gasteiger partial charge in [0.25, 0.3) is 0 Å².